The van der Waals surface area contributed by atoms with E-state index in [-0.39, 0.29) is 31.1 Å². The van der Waals surface area contributed by atoms with Crippen molar-refractivity contribution >= 4 is 17.9 Å². The van der Waals surface area contributed by atoms with Gasteiger partial charge in [-0.2, -0.15) is 0 Å². The van der Waals surface area contributed by atoms with Crippen molar-refractivity contribution in [3.05, 3.63) is 48.6 Å². The second kappa shape index (κ2) is 56.0. The van der Waals surface area contributed by atoms with E-state index in [1.54, 1.807) is 0 Å². The van der Waals surface area contributed by atoms with Crippen molar-refractivity contribution in [3.63, 3.8) is 0 Å². The van der Waals surface area contributed by atoms with E-state index >= 15 is 0 Å². The fraction of sp³-hybridized carbons (Fsp3) is 0.820. The molecule has 0 amide bonds. The minimum absolute atomic E-state index is 0.0807. The molecule has 1 unspecified atom stereocenters. The number of carbonyl (C=O) groups is 3. The summed E-state index contributed by atoms with van der Waals surface area (Å²) in [5, 5.41) is 0. The van der Waals surface area contributed by atoms with Gasteiger partial charge in [-0.05, 0) is 70.6 Å². The molecule has 0 aromatic rings. The Morgan fingerprint density at radius 1 is 0.299 bits per heavy atom. The summed E-state index contributed by atoms with van der Waals surface area (Å²) in [5.41, 5.74) is 0. The molecule has 0 radical (unpaired) electrons. The molecule has 390 valence electrons. The van der Waals surface area contributed by atoms with Gasteiger partial charge in [-0.25, -0.2) is 0 Å². The van der Waals surface area contributed by atoms with Gasteiger partial charge in [-0.3, -0.25) is 14.4 Å². The molecule has 0 aliphatic heterocycles. The van der Waals surface area contributed by atoms with E-state index in [9.17, 15) is 14.4 Å². The van der Waals surface area contributed by atoms with Gasteiger partial charge in [-0.1, -0.05) is 262 Å². The third-order valence-electron chi connectivity index (χ3n) is 12.8. The lowest BCUT2D eigenvalue weighted by Gasteiger charge is -2.18. The van der Waals surface area contributed by atoms with Crippen LogP contribution in [0, 0.1) is 0 Å². The minimum Gasteiger partial charge on any atom is -0.462 e. The van der Waals surface area contributed by atoms with Gasteiger partial charge in [-0.15, -0.1) is 0 Å². The van der Waals surface area contributed by atoms with Gasteiger partial charge in [0.15, 0.2) is 6.10 Å². The van der Waals surface area contributed by atoms with E-state index in [0.717, 1.165) is 109 Å². The molecule has 0 aliphatic rings. The Labute approximate surface area is 416 Å². The molecule has 1 atom stereocenters. The predicted octanol–water partition coefficient (Wildman–Crippen LogP) is 19.4. The summed E-state index contributed by atoms with van der Waals surface area (Å²) in [6, 6.07) is 0. The van der Waals surface area contributed by atoms with Crippen LogP contribution in [0.15, 0.2) is 48.6 Å². The lowest BCUT2D eigenvalue weighted by atomic mass is 10.0. The Kier molecular flexibility index (Phi) is 53.8. The first kappa shape index (κ1) is 64.4. The van der Waals surface area contributed by atoms with Crippen LogP contribution in [0.3, 0.4) is 0 Å². The molecule has 0 heterocycles. The van der Waals surface area contributed by atoms with Crippen LogP contribution in [0.1, 0.15) is 303 Å². The largest absolute Gasteiger partial charge is 0.462 e. The maximum atomic E-state index is 12.8. The second-order valence-electron chi connectivity index (χ2n) is 19.6. The summed E-state index contributed by atoms with van der Waals surface area (Å²) in [6.45, 7) is 6.55. The van der Waals surface area contributed by atoms with Crippen molar-refractivity contribution in [1.82, 2.24) is 0 Å². The van der Waals surface area contributed by atoms with Crippen molar-refractivity contribution in [2.45, 2.75) is 309 Å². The van der Waals surface area contributed by atoms with E-state index < -0.39 is 6.10 Å². The summed E-state index contributed by atoms with van der Waals surface area (Å²) in [7, 11) is 0. The normalized spacial score (nSPS) is 12.3. The highest BCUT2D eigenvalue weighted by Crippen LogP contribution is 2.17. The van der Waals surface area contributed by atoms with E-state index in [1.165, 1.54) is 154 Å². The van der Waals surface area contributed by atoms with E-state index in [4.69, 9.17) is 14.2 Å². The van der Waals surface area contributed by atoms with E-state index in [1.807, 2.05) is 0 Å². The number of hydrogen-bond donors (Lipinski definition) is 0. The molecule has 6 nitrogen and oxygen atoms in total. The molecule has 6 heteroatoms. The lowest BCUT2D eigenvalue weighted by molar-refractivity contribution is -0.167. The van der Waals surface area contributed by atoms with Gasteiger partial charge in [0.05, 0.1) is 0 Å². The molecule has 0 N–H and O–H groups in total. The zero-order valence-corrected chi connectivity index (χ0v) is 44.7. The quantitative estimate of drug-likeness (QED) is 0.0262. The zero-order valence-electron chi connectivity index (χ0n) is 44.7. The number of allylic oxidation sites excluding steroid dienone is 8. The SMILES string of the molecule is CCC/C=C\C/C=C\CCCCCCCC(=O)OCC(COC(=O)CCCCCCCCCCCCCCCCCCCCCCCC)OC(=O)CCCCCCC/C=C\C/C=C\CCCC. The van der Waals surface area contributed by atoms with Crippen LogP contribution < -0.4 is 0 Å². The zero-order chi connectivity index (χ0) is 48.6. The van der Waals surface area contributed by atoms with E-state index in [2.05, 4.69) is 69.4 Å². The first-order chi connectivity index (χ1) is 33.0. The number of unbranched alkanes of at least 4 members (excludes halogenated alkanes) is 34. The molecule has 67 heavy (non-hydrogen) atoms. The number of esters is 3. The van der Waals surface area contributed by atoms with Gasteiger partial charge >= 0.3 is 17.9 Å². The molecular formula is C61H110O6. The molecule has 0 aromatic carbocycles. The average Bonchev–Trinajstić information content (AvgIpc) is 3.33. The molecular weight excluding hydrogens is 829 g/mol. The highest BCUT2D eigenvalue weighted by atomic mass is 16.6. The molecule has 0 bridgehead atoms. The maximum absolute atomic E-state index is 12.8. The van der Waals surface area contributed by atoms with Crippen LogP contribution >= 0.6 is 0 Å². The van der Waals surface area contributed by atoms with Gasteiger partial charge in [0.2, 0.25) is 0 Å². The van der Waals surface area contributed by atoms with Crippen LogP contribution in [-0.2, 0) is 28.6 Å². The Hall–Kier alpha value is -2.63. The van der Waals surface area contributed by atoms with Gasteiger partial charge in [0.1, 0.15) is 13.2 Å². The Balaban J connectivity index is 4.28. The van der Waals surface area contributed by atoms with E-state index in [0.29, 0.717) is 19.3 Å². The van der Waals surface area contributed by atoms with Crippen LogP contribution in [0.4, 0.5) is 0 Å². The molecule has 0 saturated carbocycles. The highest BCUT2D eigenvalue weighted by molar-refractivity contribution is 5.71. The number of hydrogen-bond acceptors (Lipinski definition) is 6. The predicted molar refractivity (Wildman–Crippen MR) is 289 cm³/mol. The van der Waals surface area contributed by atoms with Crippen molar-refractivity contribution in [2.24, 2.45) is 0 Å². The Bertz CT molecular complexity index is 1170. The molecule has 0 saturated heterocycles. The Morgan fingerprint density at radius 3 is 0.925 bits per heavy atom. The monoisotopic (exact) mass is 939 g/mol. The minimum atomic E-state index is -0.784. The van der Waals surface area contributed by atoms with Crippen molar-refractivity contribution in [3.8, 4) is 0 Å². The molecule has 0 spiro atoms. The molecule has 0 aromatic heterocycles. The smallest absolute Gasteiger partial charge is 0.306 e. The standard InChI is InChI=1S/C61H110O6/c1-4-7-10-13-16-19-22-25-27-28-29-30-31-32-33-34-37-39-42-45-48-51-54-60(63)66-57-58(56-65-59(62)53-50-47-44-41-38-35-24-21-18-15-12-9-6-3)67-61(64)55-52-49-46-43-40-36-26-23-20-17-14-11-8-5-2/h12,14-15,17,21,23-24,26,58H,4-11,13,16,18-20,22,25,27-57H2,1-3H3/b15-12-,17-14-,24-21-,26-23-. The first-order valence-corrected chi connectivity index (χ1v) is 29.1. The van der Waals surface area contributed by atoms with Crippen molar-refractivity contribution in [1.29, 1.82) is 0 Å². The van der Waals surface area contributed by atoms with Crippen LogP contribution in [0.5, 0.6) is 0 Å². The second-order valence-corrected chi connectivity index (χ2v) is 19.6. The van der Waals surface area contributed by atoms with Crippen molar-refractivity contribution < 1.29 is 28.6 Å². The lowest BCUT2D eigenvalue weighted by Crippen LogP contribution is -2.30. The maximum Gasteiger partial charge on any atom is 0.306 e. The molecule has 0 fully saturated rings. The molecule has 0 rings (SSSR count). The highest BCUT2D eigenvalue weighted by Gasteiger charge is 2.19. The fourth-order valence-electron chi connectivity index (χ4n) is 8.38. The third-order valence-corrected chi connectivity index (χ3v) is 12.8. The molecule has 0 aliphatic carbocycles. The summed E-state index contributed by atoms with van der Waals surface area (Å²) in [4.78, 5) is 38.1. The number of rotatable bonds is 53. The average molecular weight is 940 g/mol. The van der Waals surface area contributed by atoms with Crippen molar-refractivity contribution in [2.75, 3.05) is 13.2 Å². The number of carbonyl (C=O) groups excluding carboxylic acids is 3. The summed E-state index contributed by atoms with van der Waals surface area (Å²) in [6.07, 6.45) is 68.2. The van der Waals surface area contributed by atoms with Crippen LogP contribution in [0.2, 0.25) is 0 Å². The third kappa shape index (κ3) is 54.2. The topological polar surface area (TPSA) is 78.9 Å². The summed E-state index contributed by atoms with van der Waals surface area (Å²) in [5.74, 6) is -0.896. The Morgan fingerprint density at radius 2 is 0.582 bits per heavy atom. The van der Waals surface area contributed by atoms with Gasteiger partial charge < -0.3 is 14.2 Å². The van der Waals surface area contributed by atoms with Gasteiger partial charge in [0.25, 0.3) is 0 Å². The van der Waals surface area contributed by atoms with Crippen LogP contribution in [0.25, 0.3) is 0 Å². The van der Waals surface area contributed by atoms with Gasteiger partial charge in [0, 0.05) is 19.3 Å². The van der Waals surface area contributed by atoms with Crippen LogP contribution in [-0.4, -0.2) is 37.2 Å². The first-order valence-electron chi connectivity index (χ1n) is 29.1. The summed E-state index contributed by atoms with van der Waals surface area (Å²) < 4.78 is 16.8. The number of ether oxygens (including phenoxy) is 3. The fourth-order valence-corrected chi connectivity index (χ4v) is 8.38. The summed E-state index contributed by atoms with van der Waals surface area (Å²) >= 11 is 0.